The number of para-hydroxylation sites is 1. The van der Waals surface area contributed by atoms with Gasteiger partial charge in [0, 0.05) is 38.0 Å². The van der Waals surface area contributed by atoms with E-state index in [1.54, 1.807) is 0 Å². The van der Waals surface area contributed by atoms with Crippen molar-refractivity contribution in [3.05, 3.63) is 65.2 Å². The summed E-state index contributed by atoms with van der Waals surface area (Å²) in [6.07, 6.45) is 3.31. The molecule has 28 heavy (non-hydrogen) atoms. The van der Waals surface area contributed by atoms with Crippen LogP contribution in [0, 0.1) is 6.92 Å². The van der Waals surface area contributed by atoms with Crippen molar-refractivity contribution in [2.45, 2.75) is 45.1 Å². The average molecular weight is 377 g/mol. The Morgan fingerprint density at radius 3 is 2.57 bits per heavy atom. The van der Waals surface area contributed by atoms with E-state index < -0.39 is 0 Å². The number of hydrogen-bond acceptors (Lipinski definition) is 3. The van der Waals surface area contributed by atoms with Crippen LogP contribution in [0.2, 0.25) is 0 Å². The maximum atomic E-state index is 12.7. The third kappa shape index (κ3) is 3.75. The lowest BCUT2D eigenvalue weighted by atomic mass is 9.85. The normalized spacial score (nSPS) is 17.9. The van der Waals surface area contributed by atoms with Crippen molar-refractivity contribution >= 4 is 17.4 Å². The molecule has 1 fully saturated rings. The molecule has 1 N–H and O–H groups in total. The number of hydrogen-bond donors (Lipinski definition) is 1. The molecule has 2 aliphatic heterocycles. The molecule has 0 saturated carbocycles. The highest BCUT2D eigenvalue weighted by Gasteiger charge is 2.43. The number of anilines is 1. The number of likely N-dealkylation sites (tertiary alicyclic amines) is 1. The molecule has 5 nitrogen and oxygen atoms in total. The van der Waals surface area contributed by atoms with Crippen molar-refractivity contribution in [3.63, 3.8) is 0 Å². The summed E-state index contributed by atoms with van der Waals surface area (Å²) in [4.78, 5) is 20.5. The van der Waals surface area contributed by atoms with E-state index in [-0.39, 0.29) is 11.6 Å². The van der Waals surface area contributed by atoms with Crippen LogP contribution in [0.25, 0.3) is 0 Å². The zero-order chi connectivity index (χ0) is 19.6. The molecular weight excluding hydrogens is 350 g/mol. The van der Waals surface area contributed by atoms with Crippen LogP contribution in [0.1, 0.15) is 42.9 Å². The second-order valence-corrected chi connectivity index (χ2v) is 7.78. The van der Waals surface area contributed by atoms with E-state index in [0.29, 0.717) is 13.1 Å². The third-order valence-corrected chi connectivity index (χ3v) is 5.83. The molecule has 0 bridgehead atoms. The van der Waals surface area contributed by atoms with Crippen molar-refractivity contribution in [1.82, 2.24) is 4.90 Å². The smallest absolute Gasteiger partial charge is 0.321 e. The van der Waals surface area contributed by atoms with E-state index in [4.69, 9.17) is 4.84 Å². The summed E-state index contributed by atoms with van der Waals surface area (Å²) >= 11 is 0. The van der Waals surface area contributed by atoms with Gasteiger partial charge in [0.15, 0.2) is 0 Å². The highest BCUT2D eigenvalue weighted by molar-refractivity contribution is 6.01. The summed E-state index contributed by atoms with van der Waals surface area (Å²) in [5.74, 6) is 0. The Bertz CT molecular complexity index is 881. The minimum atomic E-state index is -0.266. The molecule has 0 aliphatic carbocycles. The molecule has 2 aromatic rings. The number of piperidine rings is 1. The van der Waals surface area contributed by atoms with E-state index in [0.717, 1.165) is 48.2 Å². The Balaban J connectivity index is 1.35. The number of carbonyl (C=O) groups is 1. The van der Waals surface area contributed by atoms with Gasteiger partial charge in [-0.1, -0.05) is 60.1 Å². The standard InChI is InChI=1S/C23H27N3O2/c1-3-18-6-4-5-7-20(18)24-22(27)26-14-12-23(13-15-26)16-21(25-28-23)19-10-8-17(2)9-11-19/h4-11H,3,12-16H2,1-2H3,(H,24,27). The summed E-state index contributed by atoms with van der Waals surface area (Å²) < 4.78 is 0. The van der Waals surface area contributed by atoms with Crippen molar-refractivity contribution in [2.75, 3.05) is 18.4 Å². The van der Waals surface area contributed by atoms with Crippen LogP contribution in [-0.4, -0.2) is 35.3 Å². The molecule has 2 amide bonds. The van der Waals surface area contributed by atoms with Gasteiger partial charge in [-0.3, -0.25) is 0 Å². The molecule has 2 aromatic carbocycles. The fourth-order valence-corrected chi connectivity index (χ4v) is 3.95. The van der Waals surface area contributed by atoms with Gasteiger partial charge >= 0.3 is 6.03 Å². The molecule has 0 aromatic heterocycles. The first kappa shape index (κ1) is 18.5. The first-order chi connectivity index (χ1) is 13.6. The fourth-order valence-electron chi connectivity index (χ4n) is 3.95. The highest BCUT2D eigenvalue weighted by Crippen LogP contribution is 2.36. The van der Waals surface area contributed by atoms with Gasteiger partial charge in [-0.05, 0) is 30.5 Å². The van der Waals surface area contributed by atoms with Gasteiger partial charge in [0.2, 0.25) is 0 Å². The monoisotopic (exact) mass is 377 g/mol. The second-order valence-electron chi connectivity index (χ2n) is 7.78. The number of oxime groups is 1. The van der Waals surface area contributed by atoms with Crippen LogP contribution in [0.15, 0.2) is 53.7 Å². The minimum Gasteiger partial charge on any atom is -0.388 e. The molecule has 1 spiro atoms. The lowest BCUT2D eigenvalue weighted by Crippen LogP contribution is -2.48. The second kappa shape index (κ2) is 7.66. The molecule has 2 heterocycles. The number of nitrogens with zero attached hydrogens (tertiary/aromatic N) is 2. The largest absolute Gasteiger partial charge is 0.388 e. The molecule has 2 aliphatic rings. The Hall–Kier alpha value is -2.82. The summed E-state index contributed by atoms with van der Waals surface area (Å²) in [6, 6.07) is 16.3. The summed E-state index contributed by atoms with van der Waals surface area (Å²) in [7, 11) is 0. The average Bonchev–Trinajstić information content (AvgIpc) is 3.13. The van der Waals surface area contributed by atoms with Crippen molar-refractivity contribution in [1.29, 1.82) is 0 Å². The first-order valence-electron chi connectivity index (χ1n) is 10.0. The third-order valence-electron chi connectivity index (χ3n) is 5.83. The lowest BCUT2D eigenvalue weighted by molar-refractivity contribution is -0.0544. The van der Waals surface area contributed by atoms with Crippen molar-refractivity contribution in [2.24, 2.45) is 5.16 Å². The topological polar surface area (TPSA) is 53.9 Å². The summed E-state index contributed by atoms with van der Waals surface area (Å²) in [5.41, 5.74) is 5.16. The summed E-state index contributed by atoms with van der Waals surface area (Å²) in [5, 5.41) is 7.44. The van der Waals surface area contributed by atoms with Crippen LogP contribution in [0.3, 0.4) is 0 Å². The van der Waals surface area contributed by atoms with Gasteiger partial charge in [0.25, 0.3) is 0 Å². The molecule has 146 valence electrons. The number of nitrogens with one attached hydrogen (secondary N) is 1. The number of urea groups is 1. The Kier molecular flexibility index (Phi) is 5.07. The molecule has 4 rings (SSSR count). The number of rotatable bonds is 3. The zero-order valence-electron chi connectivity index (χ0n) is 16.6. The van der Waals surface area contributed by atoms with Crippen molar-refractivity contribution in [3.8, 4) is 0 Å². The highest BCUT2D eigenvalue weighted by atomic mass is 16.7. The predicted molar refractivity (Wildman–Crippen MR) is 112 cm³/mol. The van der Waals surface area contributed by atoms with E-state index in [1.165, 1.54) is 5.56 Å². The van der Waals surface area contributed by atoms with Gasteiger partial charge in [-0.15, -0.1) is 0 Å². The molecular formula is C23H27N3O2. The zero-order valence-corrected chi connectivity index (χ0v) is 16.6. The number of carbonyl (C=O) groups excluding carboxylic acids is 1. The minimum absolute atomic E-state index is 0.0339. The van der Waals surface area contributed by atoms with E-state index in [1.807, 2.05) is 23.1 Å². The van der Waals surface area contributed by atoms with Crippen molar-refractivity contribution < 1.29 is 9.63 Å². The maximum absolute atomic E-state index is 12.7. The van der Waals surface area contributed by atoms with Crippen LogP contribution in [-0.2, 0) is 11.3 Å². The SMILES string of the molecule is CCc1ccccc1NC(=O)N1CCC2(CC1)CC(c1ccc(C)cc1)=NO2. The Morgan fingerprint density at radius 1 is 1.14 bits per heavy atom. The van der Waals surface area contributed by atoms with Gasteiger partial charge < -0.3 is 15.1 Å². The lowest BCUT2D eigenvalue weighted by Gasteiger charge is -2.37. The first-order valence-corrected chi connectivity index (χ1v) is 10.0. The molecule has 0 radical (unpaired) electrons. The van der Waals surface area contributed by atoms with Gasteiger partial charge in [0.05, 0.1) is 5.71 Å². The summed E-state index contributed by atoms with van der Waals surface area (Å²) in [6.45, 7) is 5.53. The number of amides is 2. The van der Waals surface area contributed by atoms with Gasteiger partial charge in [-0.2, -0.15) is 0 Å². The Labute approximate surface area is 166 Å². The van der Waals surface area contributed by atoms with Gasteiger partial charge in [-0.25, -0.2) is 4.79 Å². The quantitative estimate of drug-likeness (QED) is 0.839. The fraction of sp³-hybridized carbons (Fsp3) is 0.391. The van der Waals surface area contributed by atoms with Crippen LogP contribution in [0.5, 0.6) is 0 Å². The van der Waals surface area contributed by atoms with E-state index >= 15 is 0 Å². The molecule has 0 unspecified atom stereocenters. The van der Waals surface area contributed by atoms with Crippen LogP contribution >= 0.6 is 0 Å². The van der Waals surface area contributed by atoms with Crippen LogP contribution < -0.4 is 5.32 Å². The molecule has 1 saturated heterocycles. The predicted octanol–water partition coefficient (Wildman–Crippen LogP) is 4.75. The van der Waals surface area contributed by atoms with E-state index in [9.17, 15) is 4.79 Å². The van der Waals surface area contributed by atoms with E-state index in [2.05, 4.69) is 54.7 Å². The van der Waals surface area contributed by atoms with Crippen LogP contribution in [0.4, 0.5) is 10.5 Å². The number of benzene rings is 2. The molecule has 0 atom stereocenters. The Morgan fingerprint density at radius 2 is 1.86 bits per heavy atom. The van der Waals surface area contributed by atoms with Gasteiger partial charge in [0.1, 0.15) is 5.60 Å². The molecule has 5 heteroatoms. The number of aryl methyl sites for hydroxylation is 2. The maximum Gasteiger partial charge on any atom is 0.321 e.